The summed E-state index contributed by atoms with van der Waals surface area (Å²) in [5.41, 5.74) is 2.12. The Labute approximate surface area is 136 Å². The molecule has 0 bridgehead atoms. The molecule has 0 aliphatic carbocycles. The molecule has 2 aromatic rings. The summed E-state index contributed by atoms with van der Waals surface area (Å²) in [5.74, 6) is -0.570. The van der Waals surface area contributed by atoms with Crippen LogP contribution < -0.4 is 5.14 Å². The number of ether oxygens (including phenoxy) is 1. The highest BCUT2D eigenvalue weighted by Crippen LogP contribution is 2.33. The van der Waals surface area contributed by atoms with E-state index in [4.69, 9.17) is 9.88 Å². The highest BCUT2D eigenvalue weighted by molar-refractivity contribution is 7.89. The van der Waals surface area contributed by atoms with E-state index in [-0.39, 0.29) is 16.4 Å². The van der Waals surface area contributed by atoms with Gasteiger partial charge < -0.3 is 4.74 Å². The van der Waals surface area contributed by atoms with Gasteiger partial charge >= 0.3 is 5.97 Å². The van der Waals surface area contributed by atoms with Crippen molar-refractivity contribution in [2.45, 2.75) is 24.7 Å². The molecule has 0 aliphatic heterocycles. The van der Waals surface area contributed by atoms with Crippen LogP contribution in [0.15, 0.2) is 47.4 Å². The molecule has 0 saturated carbocycles. The van der Waals surface area contributed by atoms with Gasteiger partial charge in [-0.05, 0) is 29.2 Å². The average molecular weight is 333 g/mol. The molecule has 122 valence electrons. The van der Waals surface area contributed by atoms with E-state index in [0.29, 0.717) is 11.1 Å². The lowest BCUT2D eigenvalue weighted by atomic mass is 9.92. The zero-order valence-corrected chi connectivity index (χ0v) is 14.1. The normalized spacial score (nSPS) is 11.5. The summed E-state index contributed by atoms with van der Waals surface area (Å²) in [4.78, 5) is 11.9. The number of carbonyl (C=O) groups excluding carboxylic acids is 1. The van der Waals surface area contributed by atoms with Gasteiger partial charge in [-0.3, -0.25) is 0 Å². The molecule has 5 nitrogen and oxygen atoms in total. The molecular weight excluding hydrogens is 314 g/mol. The maximum absolute atomic E-state index is 12.0. The van der Waals surface area contributed by atoms with Gasteiger partial charge in [0.25, 0.3) is 0 Å². The molecule has 2 aromatic carbocycles. The van der Waals surface area contributed by atoms with Gasteiger partial charge in [0.2, 0.25) is 10.0 Å². The molecule has 23 heavy (non-hydrogen) atoms. The first-order valence-electron chi connectivity index (χ1n) is 7.10. The Balaban J connectivity index is 2.85. The summed E-state index contributed by atoms with van der Waals surface area (Å²) in [6, 6.07) is 12.1. The summed E-state index contributed by atoms with van der Waals surface area (Å²) in [6.45, 7) is 3.85. The zero-order valence-electron chi connectivity index (χ0n) is 13.2. The minimum absolute atomic E-state index is 0.0149. The SMILES string of the molecule is COC(=O)c1cc(S(N)(=O)=O)c(-c2ccccc2)cc1C(C)C. The fourth-order valence-corrected chi connectivity index (χ4v) is 3.21. The smallest absolute Gasteiger partial charge is 0.338 e. The number of nitrogens with two attached hydrogens (primary N) is 1. The van der Waals surface area contributed by atoms with Crippen molar-refractivity contribution in [2.75, 3.05) is 7.11 Å². The van der Waals surface area contributed by atoms with Crippen LogP contribution in [0.5, 0.6) is 0 Å². The van der Waals surface area contributed by atoms with Crippen molar-refractivity contribution in [3.05, 3.63) is 53.6 Å². The molecule has 0 spiro atoms. The summed E-state index contributed by atoms with van der Waals surface area (Å²) in [6.07, 6.45) is 0. The number of hydrogen-bond acceptors (Lipinski definition) is 4. The topological polar surface area (TPSA) is 86.5 Å². The third-order valence-corrected chi connectivity index (χ3v) is 4.52. The Kier molecular flexibility index (Phi) is 4.87. The molecule has 2 N–H and O–H groups in total. The Morgan fingerprint density at radius 3 is 2.22 bits per heavy atom. The van der Waals surface area contributed by atoms with Crippen LogP contribution in [0.4, 0.5) is 0 Å². The number of rotatable bonds is 4. The monoisotopic (exact) mass is 333 g/mol. The van der Waals surface area contributed by atoms with Crippen LogP contribution in [0.3, 0.4) is 0 Å². The van der Waals surface area contributed by atoms with Crippen LogP contribution in [-0.4, -0.2) is 21.5 Å². The van der Waals surface area contributed by atoms with E-state index in [1.54, 1.807) is 18.2 Å². The Morgan fingerprint density at radius 1 is 1.13 bits per heavy atom. The fourth-order valence-electron chi connectivity index (χ4n) is 2.44. The van der Waals surface area contributed by atoms with Gasteiger partial charge in [0.1, 0.15) is 0 Å². The summed E-state index contributed by atoms with van der Waals surface area (Å²) in [5, 5.41) is 5.35. The van der Waals surface area contributed by atoms with Gasteiger partial charge in [0, 0.05) is 5.56 Å². The molecule has 0 amide bonds. The van der Waals surface area contributed by atoms with E-state index in [1.807, 2.05) is 32.0 Å². The van der Waals surface area contributed by atoms with Crippen LogP contribution in [0, 0.1) is 0 Å². The van der Waals surface area contributed by atoms with Gasteiger partial charge in [0.05, 0.1) is 17.6 Å². The van der Waals surface area contributed by atoms with Gasteiger partial charge in [-0.1, -0.05) is 44.2 Å². The molecule has 0 heterocycles. The first kappa shape index (κ1) is 17.2. The average Bonchev–Trinajstić information content (AvgIpc) is 2.52. The molecule has 0 fully saturated rings. The zero-order chi connectivity index (χ0) is 17.2. The second-order valence-corrected chi connectivity index (χ2v) is 7.02. The highest BCUT2D eigenvalue weighted by atomic mass is 32.2. The van der Waals surface area contributed by atoms with Gasteiger partial charge in [-0.15, -0.1) is 0 Å². The number of hydrogen-bond donors (Lipinski definition) is 1. The minimum atomic E-state index is -4.00. The third kappa shape index (κ3) is 3.60. The van der Waals surface area contributed by atoms with E-state index in [1.165, 1.54) is 13.2 Å². The van der Waals surface area contributed by atoms with Gasteiger partial charge in [-0.2, -0.15) is 0 Å². The van der Waals surface area contributed by atoms with Crippen LogP contribution in [0.25, 0.3) is 11.1 Å². The predicted molar refractivity (Wildman–Crippen MR) is 88.7 cm³/mol. The molecule has 0 aliphatic rings. The van der Waals surface area contributed by atoms with Crippen molar-refractivity contribution in [3.8, 4) is 11.1 Å². The number of sulfonamides is 1. The molecule has 6 heteroatoms. The summed E-state index contributed by atoms with van der Waals surface area (Å²) >= 11 is 0. The Hall–Kier alpha value is -2.18. The first-order chi connectivity index (χ1) is 10.8. The standard InChI is InChI=1S/C17H19NO4S/c1-11(2)13-9-14(12-7-5-4-6-8-12)16(23(18,20)21)10-15(13)17(19)22-3/h4-11H,1-3H3,(H2,18,20,21). The predicted octanol–water partition coefficient (Wildman–Crippen LogP) is 2.91. The van der Waals surface area contributed by atoms with Crippen molar-refractivity contribution in [2.24, 2.45) is 5.14 Å². The van der Waals surface area contributed by atoms with Crippen LogP contribution in [0.1, 0.15) is 35.7 Å². The number of methoxy groups -OCH3 is 1. The quantitative estimate of drug-likeness (QED) is 0.872. The number of benzene rings is 2. The molecule has 0 unspecified atom stereocenters. The molecule has 0 atom stereocenters. The molecule has 0 aromatic heterocycles. The minimum Gasteiger partial charge on any atom is -0.465 e. The molecule has 0 radical (unpaired) electrons. The number of primary sulfonamides is 1. The highest BCUT2D eigenvalue weighted by Gasteiger charge is 2.23. The second-order valence-electron chi connectivity index (χ2n) is 5.49. The van der Waals surface area contributed by atoms with E-state index in [9.17, 15) is 13.2 Å². The second kappa shape index (κ2) is 6.52. The number of carbonyl (C=O) groups is 1. The number of esters is 1. The summed E-state index contributed by atoms with van der Waals surface area (Å²) in [7, 11) is -2.74. The van der Waals surface area contributed by atoms with Crippen LogP contribution in [-0.2, 0) is 14.8 Å². The molecule has 0 saturated heterocycles. The Morgan fingerprint density at radius 2 is 1.74 bits per heavy atom. The van der Waals surface area contributed by atoms with E-state index >= 15 is 0 Å². The maximum Gasteiger partial charge on any atom is 0.338 e. The van der Waals surface area contributed by atoms with Gasteiger partial charge in [-0.25, -0.2) is 18.4 Å². The van der Waals surface area contributed by atoms with Crippen molar-refractivity contribution < 1.29 is 17.9 Å². The fraction of sp³-hybridized carbons (Fsp3) is 0.235. The Bertz CT molecular complexity index is 827. The van der Waals surface area contributed by atoms with Crippen LogP contribution in [0.2, 0.25) is 0 Å². The molecular formula is C17H19NO4S. The van der Waals surface area contributed by atoms with Crippen molar-refractivity contribution in [1.82, 2.24) is 0 Å². The largest absolute Gasteiger partial charge is 0.465 e. The summed E-state index contributed by atoms with van der Waals surface area (Å²) < 4.78 is 28.8. The molecule has 2 rings (SSSR count). The van der Waals surface area contributed by atoms with Crippen LogP contribution >= 0.6 is 0 Å². The van der Waals surface area contributed by atoms with E-state index < -0.39 is 16.0 Å². The van der Waals surface area contributed by atoms with Crippen molar-refractivity contribution in [3.63, 3.8) is 0 Å². The lowest BCUT2D eigenvalue weighted by molar-refractivity contribution is 0.0599. The van der Waals surface area contributed by atoms with Gasteiger partial charge in [0.15, 0.2) is 0 Å². The van der Waals surface area contributed by atoms with Crippen molar-refractivity contribution in [1.29, 1.82) is 0 Å². The van der Waals surface area contributed by atoms with E-state index in [0.717, 1.165) is 5.56 Å². The lowest BCUT2D eigenvalue weighted by Crippen LogP contribution is -2.16. The maximum atomic E-state index is 12.0. The third-order valence-electron chi connectivity index (χ3n) is 3.57. The van der Waals surface area contributed by atoms with E-state index in [2.05, 4.69) is 0 Å². The van der Waals surface area contributed by atoms with Crippen molar-refractivity contribution >= 4 is 16.0 Å². The lowest BCUT2D eigenvalue weighted by Gasteiger charge is -2.17. The first-order valence-corrected chi connectivity index (χ1v) is 8.64.